The number of esters is 1. The second kappa shape index (κ2) is 13.1. The fraction of sp³-hybridized carbons (Fsp3) is 0.667. The van der Waals surface area contributed by atoms with Gasteiger partial charge >= 0.3 is 18.2 Å². The van der Waals surface area contributed by atoms with E-state index in [1.54, 1.807) is 55.4 Å². The van der Waals surface area contributed by atoms with Crippen molar-refractivity contribution in [2.24, 2.45) is 5.92 Å². The van der Waals surface area contributed by atoms with Crippen LogP contribution >= 0.6 is 11.6 Å². The number of rotatable bonds is 8. The van der Waals surface area contributed by atoms with Crippen LogP contribution in [0.2, 0.25) is 5.28 Å². The molecule has 0 N–H and O–H groups in total. The van der Waals surface area contributed by atoms with Crippen molar-refractivity contribution in [1.82, 2.24) is 19.5 Å². The number of ketones is 1. The Morgan fingerprint density at radius 1 is 1.09 bits per heavy atom. The van der Waals surface area contributed by atoms with Gasteiger partial charge in [-0.15, -0.1) is 0 Å². The van der Waals surface area contributed by atoms with Crippen molar-refractivity contribution in [2.45, 2.75) is 98.1 Å². The zero-order chi connectivity index (χ0) is 32.4. The van der Waals surface area contributed by atoms with Crippen LogP contribution in [0.25, 0.3) is 11.2 Å². The topological polar surface area (TPSA) is 161 Å². The molecule has 16 heteroatoms. The maximum absolute atomic E-state index is 15.7. The average molecular weight is 630 g/mol. The summed E-state index contributed by atoms with van der Waals surface area (Å²) in [6.07, 6.45) is -6.32. The van der Waals surface area contributed by atoms with Crippen molar-refractivity contribution in [3.63, 3.8) is 0 Å². The summed E-state index contributed by atoms with van der Waals surface area (Å²) in [5.41, 5.74) is -2.13. The van der Waals surface area contributed by atoms with Crippen molar-refractivity contribution in [3.8, 4) is 0 Å². The van der Waals surface area contributed by atoms with Crippen LogP contribution in [-0.2, 0) is 33.3 Å². The number of carbonyl (C=O) groups is 4. The van der Waals surface area contributed by atoms with Gasteiger partial charge in [0.2, 0.25) is 11.4 Å². The van der Waals surface area contributed by atoms with Crippen LogP contribution in [0.1, 0.15) is 68.5 Å². The van der Waals surface area contributed by atoms with Gasteiger partial charge in [-0.05, 0) is 67.0 Å². The largest absolute Gasteiger partial charge is 0.464 e. The molecule has 1 fully saturated rings. The minimum absolute atomic E-state index is 0.0519. The molecule has 2 amide bonds. The molecule has 1 aliphatic rings. The molecule has 43 heavy (non-hydrogen) atoms. The Morgan fingerprint density at radius 3 is 2.19 bits per heavy atom. The summed E-state index contributed by atoms with van der Waals surface area (Å²) in [6.45, 7) is 13.8. The van der Waals surface area contributed by atoms with Gasteiger partial charge in [0, 0.05) is 5.92 Å². The van der Waals surface area contributed by atoms with Crippen LogP contribution in [-0.4, -0.2) is 86.3 Å². The van der Waals surface area contributed by atoms with E-state index in [1.165, 1.54) is 17.8 Å². The lowest BCUT2D eigenvalue weighted by Crippen LogP contribution is -2.44. The quantitative estimate of drug-likeness (QED) is 0.173. The third kappa shape index (κ3) is 8.15. The summed E-state index contributed by atoms with van der Waals surface area (Å²) in [5, 5.41) is -0.388. The average Bonchev–Trinajstić information content (AvgIpc) is 3.38. The molecule has 1 unspecified atom stereocenters. The molecule has 0 aromatic carbocycles. The number of carbonyl (C=O) groups excluding carboxylic acids is 4. The van der Waals surface area contributed by atoms with Crippen molar-refractivity contribution in [3.05, 3.63) is 11.6 Å². The number of amides is 2. The molecule has 0 bridgehead atoms. The van der Waals surface area contributed by atoms with E-state index in [0.29, 0.717) is 4.90 Å². The number of imide groups is 1. The summed E-state index contributed by atoms with van der Waals surface area (Å²) < 4.78 is 44.0. The van der Waals surface area contributed by atoms with E-state index < -0.39 is 65.7 Å². The number of anilines is 1. The van der Waals surface area contributed by atoms with Gasteiger partial charge in [-0.3, -0.25) is 9.36 Å². The number of hydrogen-bond acceptors (Lipinski definition) is 12. The molecule has 0 radical (unpaired) electrons. The number of hydrogen-bond donors (Lipinski definition) is 0. The summed E-state index contributed by atoms with van der Waals surface area (Å²) in [6, 6.07) is 0. The Morgan fingerprint density at radius 2 is 1.67 bits per heavy atom. The zero-order valence-electron chi connectivity index (χ0n) is 25.5. The molecule has 1 aliphatic heterocycles. The Bertz CT molecular complexity index is 1350. The number of alkyl halides is 1. The zero-order valence-corrected chi connectivity index (χ0v) is 26.3. The summed E-state index contributed by atoms with van der Waals surface area (Å²) in [5.74, 6) is -2.53. The molecule has 3 heterocycles. The SMILES string of the molecule is CCOC(=O)C(OC[C@H]1O[C@@H](n2cnc3c(N(C(=O)OC(C)(C)C)C(=O)OC(C)(C)C)nc(Cl)nc32)[C@@H](F)[C@@H]1C)C(C)=O. The standard InChI is InChI=1S/C27H37ClFN5O9/c1-10-39-22(36)18(14(3)35)40-11-15-13(2)16(29)21(41-15)33-12-30-17-19(33)31-23(28)32-20(17)34(24(37)42-26(4,5)6)25(38)43-27(7,8)9/h12-13,15-16,18,21H,10-11H2,1-9H3/t13-,15-,16+,18?,21-/m1/s1. The van der Waals surface area contributed by atoms with Gasteiger partial charge in [-0.1, -0.05) is 6.92 Å². The number of halogens is 2. The van der Waals surface area contributed by atoms with E-state index >= 15 is 4.39 Å². The van der Waals surface area contributed by atoms with E-state index in [-0.39, 0.29) is 35.5 Å². The van der Waals surface area contributed by atoms with Crippen LogP contribution in [0.15, 0.2) is 6.33 Å². The lowest BCUT2D eigenvalue weighted by molar-refractivity contribution is -0.164. The van der Waals surface area contributed by atoms with Crippen molar-refractivity contribution >= 4 is 52.5 Å². The minimum atomic E-state index is -1.63. The summed E-state index contributed by atoms with van der Waals surface area (Å²) in [7, 11) is 0. The van der Waals surface area contributed by atoms with Crippen LogP contribution in [0.5, 0.6) is 0 Å². The first-order valence-electron chi connectivity index (χ1n) is 13.6. The number of Topliss-reactive ketones (excluding diaryl/α,β-unsaturated/α-hetero) is 1. The van der Waals surface area contributed by atoms with Gasteiger partial charge in [0.25, 0.3) is 0 Å². The Balaban J connectivity index is 1.98. The maximum atomic E-state index is 15.7. The molecular weight excluding hydrogens is 593 g/mol. The number of aromatic nitrogens is 4. The molecule has 238 valence electrons. The first-order chi connectivity index (χ1) is 19.8. The molecular formula is C27H37ClFN5O9. The Labute approximate surface area is 253 Å². The molecule has 1 saturated heterocycles. The molecule has 3 rings (SSSR count). The fourth-order valence-electron chi connectivity index (χ4n) is 4.09. The molecule has 2 aromatic rings. The Kier molecular flexibility index (Phi) is 10.3. The lowest BCUT2D eigenvalue weighted by atomic mass is 10.0. The van der Waals surface area contributed by atoms with Crippen molar-refractivity contribution in [1.29, 1.82) is 0 Å². The smallest absolute Gasteiger partial charge is 0.425 e. The first kappa shape index (κ1) is 34.1. The summed E-state index contributed by atoms with van der Waals surface area (Å²) in [4.78, 5) is 63.5. The van der Waals surface area contributed by atoms with Gasteiger partial charge < -0.3 is 23.7 Å². The van der Waals surface area contributed by atoms with E-state index in [4.69, 9.17) is 35.3 Å². The van der Waals surface area contributed by atoms with Crippen LogP contribution < -0.4 is 4.90 Å². The van der Waals surface area contributed by atoms with E-state index in [0.717, 1.165) is 0 Å². The molecule has 5 atom stereocenters. The Hall–Kier alpha value is -3.43. The minimum Gasteiger partial charge on any atom is -0.464 e. The lowest BCUT2D eigenvalue weighted by Gasteiger charge is -2.28. The molecule has 14 nitrogen and oxygen atoms in total. The highest BCUT2D eigenvalue weighted by Crippen LogP contribution is 2.39. The van der Waals surface area contributed by atoms with Crippen molar-refractivity contribution in [2.75, 3.05) is 18.1 Å². The second-order valence-corrected chi connectivity index (χ2v) is 12.2. The van der Waals surface area contributed by atoms with Crippen LogP contribution in [0.4, 0.5) is 19.8 Å². The third-order valence-electron chi connectivity index (χ3n) is 5.99. The second-order valence-electron chi connectivity index (χ2n) is 11.9. The fourth-order valence-corrected chi connectivity index (χ4v) is 4.25. The van der Waals surface area contributed by atoms with Gasteiger partial charge in [0.05, 0.1) is 25.6 Å². The van der Waals surface area contributed by atoms with Gasteiger partial charge in [-0.25, -0.2) is 23.8 Å². The highest BCUT2D eigenvalue weighted by molar-refractivity contribution is 6.29. The molecule has 0 aliphatic carbocycles. The third-order valence-corrected chi connectivity index (χ3v) is 6.16. The van der Waals surface area contributed by atoms with E-state index in [9.17, 15) is 19.2 Å². The van der Waals surface area contributed by atoms with Crippen LogP contribution in [0, 0.1) is 5.92 Å². The number of ether oxygens (including phenoxy) is 5. The molecule has 0 spiro atoms. The molecule has 2 aromatic heterocycles. The predicted octanol–water partition coefficient (Wildman–Crippen LogP) is 4.57. The highest BCUT2D eigenvalue weighted by Gasteiger charge is 2.45. The van der Waals surface area contributed by atoms with Gasteiger partial charge in [-0.2, -0.15) is 14.9 Å². The van der Waals surface area contributed by atoms with Crippen molar-refractivity contribution < 1.29 is 47.3 Å². The maximum Gasteiger partial charge on any atom is 0.425 e. The number of nitrogens with zero attached hydrogens (tertiary/aromatic N) is 5. The normalized spacial score (nSPS) is 21.4. The van der Waals surface area contributed by atoms with Gasteiger partial charge in [0.1, 0.15) is 11.2 Å². The summed E-state index contributed by atoms with van der Waals surface area (Å²) >= 11 is 6.22. The number of fused-ring (bicyclic) bond motifs is 1. The van der Waals surface area contributed by atoms with Gasteiger partial charge in [0.15, 0.2) is 35.2 Å². The molecule has 0 saturated carbocycles. The van der Waals surface area contributed by atoms with E-state index in [2.05, 4.69) is 15.0 Å². The number of imidazole rings is 1. The highest BCUT2D eigenvalue weighted by atomic mass is 35.5. The monoisotopic (exact) mass is 629 g/mol. The van der Waals surface area contributed by atoms with Crippen LogP contribution in [0.3, 0.4) is 0 Å². The van der Waals surface area contributed by atoms with E-state index in [1.807, 2.05) is 0 Å². The first-order valence-corrected chi connectivity index (χ1v) is 14.0. The predicted molar refractivity (Wildman–Crippen MR) is 150 cm³/mol.